The molecule has 0 saturated heterocycles. The number of para-hydroxylation sites is 1. The van der Waals surface area contributed by atoms with Crippen molar-refractivity contribution in [3.63, 3.8) is 0 Å². The molecule has 1 amide bonds. The number of carbonyl (C=O) groups is 1. The fraction of sp³-hybridized carbons (Fsp3) is 0.158. The van der Waals surface area contributed by atoms with Gasteiger partial charge in [0.15, 0.2) is 0 Å². The first-order valence-corrected chi connectivity index (χ1v) is 8.84. The quantitative estimate of drug-likeness (QED) is 0.589. The Morgan fingerprint density at radius 1 is 1.11 bits per heavy atom. The summed E-state index contributed by atoms with van der Waals surface area (Å²) in [5.74, 6) is -0.272. The van der Waals surface area contributed by atoms with Crippen molar-refractivity contribution in [3.05, 3.63) is 78.1 Å². The van der Waals surface area contributed by atoms with Crippen molar-refractivity contribution in [2.24, 2.45) is 0 Å². The molecule has 0 aliphatic carbocycles. The maximum atomic E-state index is 12.5. The Labute approximate surface area is 158 Å². The highest BCUT2D eigenvalue weighted by molar-refractivity contribution is 8.00. The smallest absolute Gasteiger partial charge is 0.337 e. The van der Waals surface area contributed by atoms with Gasteiger partial charge in [0, 0.05) is 35.8 Å². The van der Waals surface area contributed by atoms with E-state index in [1.165, 1.54) is 29.2 Å². The van der Waals surface area contributed by atoms with Gasteiger partial charge in [0.1, 0.15) is 0 Å². The Bertz CT molecular complexity index is 908. The molecule has 3 rings (SSSR count). The first-order chi connectivity index (χ1) is 12.8. The van der Waals surface area contributed by atoms with E-state index in [9.17, 15) is 18.0 Å². The lowest BCUT2D eigenvalue weighted by atomic mass is 10.2. The van der Waals surface area contributed by atoms with E-state index in [-0.39, 0.29) is 22.6 Å². The fourth-order valence-corrected chi connectivity index (χ4v) is 3.07. The van der Waals surface area contributed by atoms with Crippen molar-refractivity contribution in [1.82, 2.24) is 14.7 Å². The normalized spacial score (nSPS) is 11.4. The summed E-state index contributed by atoms with van der Waals surface area (Å²) in [7, 11) is 1.64. The lowest BCUT2D eigenvalue weighted by molar-refractivity contribution is -0.0328. The zero-order valence-corrected chi connectivity index (χ0v) is 15.2. The number of rotatable bonds is 5. The van der Waals surface area contributed by atoms with Gasteiger partial charge in [-0.2, -0.15) is 18.3 Å². The number of benzene rings is 2. The highest BCUT2D eigenvalue weighted by Gasteiger charge is 2.29. The van der Waals surface area contributed by atoms with Gasteiger partial charge in [-0.05, 0) is 48.2 Å². The van der Waals surface area contributed by atoms with Gasteiger partial charge in [0.25, 0.3) is 5.91 Å². The maximum absolute atomic E-state index is 12.5. The number of hydrogen-bond acceptors (Lipinski definition) is 3. The second-order valence-electron chi connectivity index (χ2n) is 5.86. The molecule has 4 nitrogen and oxygen atoms in total. The second-order valence-corrected chi connectivity index (χ2v) is 7.00. The number of aromatic nitrogens is 2. The SMILES string of the molecule is CN(Cc1cnn(-c2ccccc2)c1)C(=O)c1ccc(SC(F)(F)F)cc1. The van der Waals surface area contributed by atoms with Gasteiger partial charge in [0.05, 0.1) is 11.9 Å². The van der Waals surface area contributed by atoms with Crippen LogP contribution in [0.5, 0.6) is 0 Å². The van der Waals surface area contributed by atoms with Gasteiger partial charge in [-0.25, -0.2) is 4.68 Å². The third kappa shape index (κ3) is 5.13. The molecule has 8 heteroatoms. The topological polar surface area (TPSA) is 38.1 Å². The summed E-state index contributed by atoms with van der Waals surface area (Å²) in [6.07, 6.45) is 3.52. The molecular weight excluding hydrogens is 375 g/mol. The van der Waals surface area contributed by atoms with Crippen LogP contribution in [-0.2, 0) is 6.54 Å². The molecule has 140 valence electrons. The average Bonchev–Trinajstić information content (AvgIpc) is 3.09. The Kier molecular flexibility index (Phi) is 5.55. The van der Waals surface area contributed by atoms with E-state index in [0.717, 1.165) is 11.3 Å². The monoisotopic (exact) mass is 391 g/mol. The Morgan fingerprint density at radius 2 is 1.78 bits per heavy atom. The Hall–Kier alpha value is -2.74. The van der Waals surface area contributed by atoms with Gasteiger partial charge in [-0.15, -0.1) is 0 Å². The summed E-state index contributed by atoms with van der Waals surface area (Å²) in [6.45, 7) is 0.338. The van der Waals surface area contributed by atoms with Crippen molar-refractivity contribution in [2.45, 2.75) is 16.9 Å². The summed E-state index contributed by atoms with van der Waals surface area (Å²) in [5, 5.41) is 4.29. The molecule has 0 fully saturated rings. The molecular formula is C19H16F3N3OS. The van der Waals surface area contributed by atoms with Gasteiger partial charge in [-0.3, -0.25) is 4.79 Å². The van der Waals surface area contributed by atoms with Crippen LogP contribution in [0.1, 0.15) is 15.9 Å². The van der Waals surface area contributed by atoms with Crippen LogP contribution in [0.25, 0.3) is 5.69 Å². The highest BCUT2D eigenvalue weighted by atomic mass is 32.2. The van der Waals surface area contributed by atoms with Crippen LogP contribution in [0.4, 0.5) is 13.2 Å². The van der Waals surface area contributed by atoms with E-state index in [1.807, 2.05) is 36.5 Å². The van der Waals surface area contributed by atoms with Crippen LogP contribution in [0.15, 0.2) is 71.9 Å². The minimum absolute atomic E-state index is 0.0471. The summed E-state index contributed by atoms with van der Waals surface area (Å²) in [4.78, 5) is 14.0. The molecule has 0 spiro atoms. The molecule has 0 aliphatic heterocycles. The molecule has 2 aromatic carbocycles. The third-order valence-corrected chi connectivity index (χ3v) is 4.50. The number of halogens is 3. The molecule has 3 aromatic rings. The van der Waals surface area contributed by atoms with E-state index >= 15 is 0 Å². The van der Waals surface area contributed by atoms with Gasteiger partial charge in [-0.1, -0.05) is 18.2 Å². The van der Waals surface area contributed by atoms with E-state index in [4.69, 9.17) is 0 Å². The minimum atomic E-state index is -4.35. The van der Waals surface area contributed by atoms with Crippen molar-refractivity contribution >= 4 is 17.7 Å². The van der Waals surface area contributed by atoms with Crippen molar-refractivity contribution in [2.75, 3.05) is 7.05 Å². The molecule has 0 aliphatic rings. The molecule has 0 saturated carbocycles. The van der Waals surface area contributed by atoms with Gasteiger partial charge < -0.3 is 4.90 Å². The van der Waals surface area contributed by atoms with Crippen LogP contribution in [-0.4, -0.2) is 33.1 Å². The average molecular weight is 391 g/mol. The summed E-state index contributed by atoms with van der Waals surface area (Å²) >= 11 is -0.203. The van der Waals surface area contributed by atoms with Crippen molar-refractivity contribution in [1.29, 1.82) is 0 Å². The standard InChI is InChI=1S/C19H16F3N3OS/c1-24(12-14-11-23-25(13-14)16-5-3-2-4-6-16)18(26)15-7-9-17(10-8-15)27-19(20,21)22/h2-11,13H,12H2,1H3. The minimum Gasteiger partial charge on any atom is -0.337 e. The molecule has 0 unspecified atom stereocenters. The summed E-state index contributed by atoms with van der Waals surface area (Å²) in [6, 6.07) is 15.0. The van der Waals surface area contributed by atoms with E-state index in [1.54, 1.807) is 17.9 Å². The Balaban J connectivity index is 1.65. The molecule has 0 atom stereocenters. The highest BCUT2D eigenvalue weighted by Crippen LogP contribution is 2.36. The molecule has 0 N–H and O–H groups in total. The first kappa shape index (κ1) is 19.0. The van der Waals surface area contributed by atoms with Crippen LogP contribution in [0, 0.1) is 0 Å². The molecule has 1 aromatic heterocycles. The fourth-order valence-electron chi connectivity index (χ4n) is 2.53. The van der Waals surface area contributed by atoms with Crippen molar-refractivity contribution in [3.8, 4) is 5.69 Å². The van der Waals surface area contributed by atoms with E-state index in [0.29, 0.717) is 12.1 Å². The van der Waals surface area contributed by atoms with E-state index in [2.05, 4.69) is 5.10 Å². The van der Waals surface area contributed by atoms with Crippen molar-refractivity contribution < 1.29 is 18.0 Å². The first-order valence-electron chi connectivity index (χ1n) is 8.02. The predicted octanol–water partition coefficient (Wildman–Crippen LogP) is 4.76. The zero-order valence-electron chi connectivity index (χ0n) is 14.3. The summed E-state index contributed by atoms with van der Waals surface area (Å²) in [5.41, 5.74) is -2.25. The molecule has 1 heterocycles. The van der Waals surface area contributed by atoms with Gasteiger partial charge >= 0.3 is 5.51 Å². The van der Waals surface area contributed by atoms with Crippen LogP contribution in [0.2, 0.25) is 0 Å². The Morgan fingerprint density at radius 3 is 2.41 bits per heavy atom. The number of alkyl halides is 3. The van der Waals surface area contributed by atoms with Crippen LogP contribution < -0.4 is 0 Å². The second kappa shape index (κ2) is 7.87. The molecule has 0 radical (unpaired) electrons. The maximum Gasteiger partial charge on any atom is 0.446 e. The zero-order chi connectivity index (χ0) is 19.4. The molecule has 27 heavy (non-hydrogen) atoms. The predicted molar refractivity (Wildman–Crippen MR) is 97.7 cm³/mol. The largest absolute Gasteiger partial charge is 0.446 e. The molecule has 0 bridgehead atoms. The van der Waals surface area contributed by atoms with E-state index < -0.39 is 5.51 Å². The number of nitrogens with zero attached hydrogens (tertiary/aromatic N) is 3. The lowest BCUT2D eigenvalue weighted by Gasteiger charge is -2.16. The van der Waals surface area contributed by atoms with Gasteiger partial charge in [0.2, 0.25) is 0 Å². The van der Waals surface area contributed by atoms with Crippen LogP contribution >= 0.6 is 11.8 Å². The summed E-state index contributed by atoms with van der Waals surface area (Å²) < 4.78 is 38.8. The number of carbonyl (C=O) groups excluding carboxylic acids is 1. The number of hydrogen-bond donors (Lipinski definition) is 0. The number of amides is 1. The lowest BCUT2D eigenvalue weighted by Crippen LogP contribution is -2.26. The number of thioether (sulfide) groups is 1. The third-order valence-electron chi connectivity index (χ3n) is 3.76. The van der Waals surface area contributed by atoms with Crippen LogP contribution in [0.3, 0.4) is 0 Å².